The van der Waals surface area contributed by atoms with Crippen LogP contribution in [0, 0.1) is 6.92 Å². The van der Waals surface area contributed by atoms with E-state index in [2.05, 4.69) is 15.6 Å². The molecule has 1 amide bonds. The quantitative estimate of drug-likeness (QED) is 0.748. The number of nitrogens with two attached hydrogens (primary N) is 1. The van der Waals surface area contributed by atoms with Gasteiger partial charge in [-0.2, -0.15) is 4.68 Å². The van der Waals surface area contributed by atoms with Crippen molar-refractivity contribution in [2.75, 3.05) is 18.2 Å². The molecule has 0 saturated carbocycles. The fraction of sp³-hybridized carbons (Fsp3) is 0.118. The highest BCUT2D eigenvalue weighted by Gasteiger charge is 2.20. The van der Waals surface area contributed by atoms with Crippen molar-refractivity contribution in [3.63, 3.8) is 0 Å². The zero-order valence-corrected chi connectivity index (χ0v) is 14.4. The molecule has 0 saturated heterocycles. The number of hydrogen-bond donors (Lipinski definition) is 2. The van der Waals surface area contributed by atoms with Crippen molar-refractivity contribution in [1.29, 1.82) is 0 Å². The fourth-order valence-corrected chi connectivity index (χ4v) is 2.53. The van der Waals surface area contributed by atoms with Crippen LogP contribution in [0.2, 0.25) is 5.02 Å². The third-order valence-corrected chi connectivity index (χ3v) is 3.81. The average Bonchev–Trinajstić information content (AvgIpc) is 2.97. The lowest BCUT2D eigenvalue weighted by Gasteiger charge is -2.10. The van der Waals surface area contributed by atoms with Gasteiger partial charge in [-0.3, -0.25) is 4.79 Å². The van der Waals surface area contributed by atoms with E-state index in [-0.39, 0.29) is 11.5 Å². The number of aryl methyl sites for hydroxylation is 1. The van der Waals surface area contributed by atoms with Gasteiger partial charge in [0.05, 0.1) is 18.5 Å². The second-order valence-corrected chi connectivity index (χ2v) is 5.81. The highest BCUT2D eigenvalue weighted by atomic mass is 35.5. The maximum Gasteiger partial charge on any atom is 0.280 e. The predicted molar refractivity (Wildman–Crippen MR) is 96.5 cm³/mol. The Morgan fingerprint density at radius 1 is 1.28 bits per heavy atom. The number of nitrogens with one attached hydrogen (secondary N) is 1. The Morgan fingerprint density at radius 2 is 2.08 bits per heavy atom. The number of aromatic nitrogens is 3. The zero-order valence-electron chi connectivity index (χ0n) is 13.7. The lowest BCUT2D eigenvalue weighted by atomic mass is 10.2. The summed E-state index contributed by atoms with van der Waals surface area (Å²) < 4.78 is 6.62. The number of hydrogen-bond acceptors (Lipinski definition) is 5. The van der Waals surface area contributed by atoms with E-state index < -0.39 is 5.91 Å². The van der Waals surface area contributed by atoms with Crippen LogP contribution in [0.3, 0.4) is 0 Å². The molecule has 3 N–H and O–H groups in total. The van der Waals surface area contributed by atoms with E-state index >= 15 is 0 Å². The van der Waals surface area contributed by atoms with Gasteiger partial charge >= 0.3 is 0 Å². The van der Waals surface area contributed by atoms with Crippen molar-refractivity contribution >= 4 is 29.0 Å². The molecule has 2 aromatic carbocycles. The number of benzene rings is 2. The van der Waals surface area contributed by atoms with Crippen LogP contribution in [0.4, 0.5) is 11.5 Å². The molecule has 0 aliphatic heterocycles. The molecule has 0 aliphatic carbocycles. The number of nitrogens with zero attached hydrogens (tertiary/aromatic N) is 3. The number of halogens is 1. The third-order valence-electron chi connectivity index (χ3n) is 3.58. The van der Waals surface area contributed by atoms with Gasteiger partial charge in [0.1, 0.15) is 5.75 Å². The highest BCUT2D eigenvalue weighted by Crippen LogP contribution is 2.28. The van der Waals surface area contributed by atoms with Crippen LogP contribution in [-0.2, 0) is 0 Å². The van der Waals surface area contributed by atoms with Crippen LogP contribution in [0.15, 0.2) is 42.5 Å². The maximum absolute atomic E-state index is 12.5. The first-order valence-electron chi connectivity index (χ1n) is 7.42. The number of ether oxygens (including phenoxy) is 1. The molecule has 8 heteroatoms. The van der Waals surface area contributed by atoms with Gasteiger partial charge in [0.25, 0.3) is 5.91 Å². The second kappa shape index (κ2) is 6.82. The third kappa shape index (κ3) is 3.41. The Balaban J connectivity index is 1.91. The van der Waals surface area contributed by atoms with Gasteiger partial charge in [-0.1, -0.05) is 28.9 Å². The summed E-state index contributed by atoms with van der Waals surface area (Å²) in [6.07, 6.45) is 0. The number of carbonyl (C=O) groups is 1. The molecule has 0 spiro atoms. The topological polar surface area (TPSA) is 95.1 Å². The number of rotatable bonds is 4. The van der Waals surface area contributed by atoms with Crippen molar-refractivity contribution in [3.8, 4) is 11.4 Å². The van der Waals surface area contributed by atoms with Crippen molar-refractivity contribution < 1.29 is 9.53 Å². The Bertz CT molecular complexity index is 939. The molecule has 1 aromatic heterocycles. The van der Waals surface area contributed by atoms with E-state index in [1.807, 2.05) is 31.2 Å². The van der Waals surface area contributed by atoms with Crippen molar-refractivity contribution in [1.82, 2.24) is 15.0 Å². The first-order valence-corrected chi connectivity index (χ1v) is 7.80. The number of anilines is 2. The van der Waals surface area contributed by atoms with Gasteiger partial charge in [0, 0.05) is 5.02 Å². The summed E-state index contributed by atoms with van der Waals surface area (Å²) in [6.45, 7) is 1.95. The summed E-state index contributed by atoms with van der Waals surface area (Å²) in [6, 6.07) is 12.5. The number of nitrogen functional groups attached to an aromatic ring is 1. The van der Waals surface area contributed by atoms with Crippen LogP contribution in [0.1, 0.15) is 16.1 Å². The molecule has 7 nitrogen and oxygen atoms in total. The highest BCUT2D eigenvalue weighted by molar-refractivity contribution is 6.31. The number of carbonyl (C=O) groups excluding carboxylic acids is 1. The summed E-state index contributed by atoms with van der Waals surface area (Å²) in [7, 11) is 1.50. The molecule has 3 rings (SSSR count). The summed E-state index contributed by atoms with van der Waals surface area (Å²) in [4.78, 5) is 12.5. The second-order valence-electron chi connectivity index (χ2n) is 5.37. The van der Waals surface area contributed by atoms with Crippen LogP contribution in [0.5, 0.6) is 5.75 Å². The molecule has 128 valence electrons. The number of amides is 1. The normalized spacial score (nSPS) is 10.5. The van der Waals surface area contributed by atoms with Crippen molar-refractivity contribution in [3.05, 3.63) is 58.7 Å². The van der Waals surface area contributed by atoms with E-state index in [4.69, 9.17) is 22.1 Å². The lowest BCUT2D eigenvalue weighted by molar-refractivity contribution is 0.102. The Kier molecular flexibility index (Phi) is 4.58. The van der Waals surface area contributed by atoms with Crippen LogP contribution >= 0.6 is 11.6 Å². The van der Waals surface area contributed by atoms with E-state index in [0.717, 1.165) is 11.3 Å². The summed E-state index contributed by atoms with van der Waals surface area (Å²) in [5.41, 5.74) is 8.27. The molecule has 25 heavy (non-hydrogen) atoms. The largest absolute Gasteiger partial charge is 0.495 e. The number of methoxy groups -OCH3 is 1. The minimum Gasteiger partial charge on any atom is -0.495 e. The first kappa shape index (κ1) is 16.8. The standard InChI is InChI=1S/C17H16ClN5O2/c1-10-4-3-5-12(8-10)23-16(19)15(21-22-23)17(24)20-13-9-11(18)6-7-14(13)25-2/h3-9H,19H2,1-2H3,(H,20,24). The fourth-order valence-electron chi connectivity index (χ4n) is 2.36. The van der Waals surface area contributed by atoms with Crippen molar-refractivity contribution in [2.45, 2.75) is 6.92 Å². The van der Waals surface area contributed by atoms with Gasteiger partial charge in [0.2, 0.25) is 0 Å². The Labute approximate surface area is 149 Å². The van der Waals surface area contributed by atoms with Crippen LogP contribution in [-0.4, -0.2) is 28.0 Å². The van der Waals surface area contributed by atoms with Crippen LogP contribution in [0.25, 0.3) is 5.69 Å². The lowest BCUT2D eigenvalue weighted by Crippen LogP contribution is -2.15. The average molecular weight is 358 g/mol. The summed E-state index contributed by atoms with van der Waals surface area (Å²) in [5, 5.41) is 11.0. The first-order chi connectivity index (χ1) is 12.0. The smallest absolute Gasteiger partial charge is 0.280 e. The van der Waals surface area contributed by atoms with E-state index in [0.29, 0.717) is 16.5 Å². The maximum atomic E-state index is 12.5. The molecular weight excluding hydrogens is 342 g/mol. The van der Waals surface area contributed by atoms with Crippen LogP contribution < -0.4 is 15.8 Å². The van der Waals surface area contributed by atoms with Gasteiger partial charge < -0.3 is 15.8 Å². The molecule has 3 aromatic rings. The Morgan fingerprint density at radius 3 is 2.80 bits per heavy atom. The van der Waals surface area contributed by atoms with E-state index in [1.165, 1.54) is 11.8 Å². The molecular formula is C17H16ClN5O2. The minimum absolute atomic E-state index is 0.0172. The molecule has 1 heterocycles. The molecule has 0 aliphatic rings. The molecule has 0 atom stereocenters. The Hall–Kier alpha value is -3.06. The SMILES string of the molecule is COc1ccc(Cl)cc1NC(=O)c1nnn(-c2cccc(C)c2)c1N. The molecule has 0 radical (unpaired) electrons. The van der Waals surface area contributed by atoms with E-state index in [1.54, 1.807) is 18.2 Å². The molecule has 0 unspecified atom stereocenters. The summed E-state index contributed by atoms with van der Waals surface area (Å²) >= 11 is 5.97. The predicted octanol–water partition coefficient (Wildman–Crippen LogP) is 3.07. The van der Waals surface area contributed by atoms with Gasteiger partial charge in [-0.15, -0.1) is 5.10 Å². The van der Waals surface area contributed by atoms with Gasteiger partial charge in [-0.25, -0.2) is 0 Å². The van der Waals surface area contributed by atoms with Crippen molar-refractivity contribution in [2.24, 2.45) is 0 Å². The monoisotopic (exact) mass is 357 g/mol. The minimum atomic E-state index is -0.503. The summed E-state index contributed by atoms with van der Waals surface area (Å²) in [5.74, 6) is 0.114. The van der Waals surface area contributed by atoms with E-state index in [9.17, 15) is 4.79 Å². The van der Waals surface area contributed by atoms with Gasteiger partial charge in [0.15, 0.2) is 11.5 Å². The molecule has 0 fully saturated rings. The molecule has 0 bridgehead atoms. The zero-order chi connectivity index (χ0) is 18.0. The van der Waals surface area contributed by atoms with Gasteiger partial charge in [-0.05, 0) is 42.8 Å².